The van der Waals surface area contributed by atoms with Crippen LogP contribution in [0.5, 0.6) is 0 Å². The molecular weight excluding hydrogens is 254 g/mol. The Balaban J connectivity index is 3.04. The maximum atomic E-state index is 11.2. The molecule has 0 saturated carbocycles. The Morgan fingerprint density at radius 1 is 1.40 bits per heavy atom. The van der Waals surface area contributed by atoms with Gasteiger partial charge in [-0.25, -0.2) is 0 Å². The van der Waals surface area contributed by atoms with E-state index in [0.29, 0.717) is 12.4 Å². The van der Waals surface area contributed by atoms with E-state index in [4.69, 9.17) is 27.2 Å². The zero-order chi connectivity index (χ0) is 11.3. The van der Waals surface area contributed by atoms with Crippen LogP contribution in [0.4, 0.5) is 0 Å². The first-order valence-electron chi connectivity index (χ1n) is 4.43. The second-order valence-corrected chi connectivity index (χ2v) is 7.59. The summed E-state index contributed by atoms with van der Waals surface area (Å²) in [6.07, 6.45) is 0. The van der Waals surface area contributed by atoms with Crippen LogP contribution in [-0.4, -0.2) is 6.61 Å². The van der Waals surface area contributed by atoms with E-state index >= 15 is 0 Å². The second-order valence-electron chi connectivity index (χ2n) is 2.79. The van der Waals surface area contributed by atoms with Crippen LogP contribution in [0.1, 0.15) is 12.5 Å². The van der Waals surface area contributed by atoms with E-state index in [-0.39, 0.29) is 0 Å². The first-order chi connectivity index (χ1) is 7.03. The Labute approximate surface area is 98.8 Å². The molecule has 0 fully saturated rings. The lowest BCUT2D eigenvalue weighted by Crippen LogP contribution is -1.90. The first-order valence-corrected chi connectivity index (χ1v) is 8.01. The Morgan fingerprint density at radius 3 is 2.47 bits per heavy atom. The van der Waals surface area contributed by atoms with Gasteiger partial charge in [-0.05, 0) is 29.4 Å². The molecule has 5 heteroatoms. The van der Waals surface area contributed by atoms with Crippen molar-refractivity contribution in [3.63, 3.8) is 0 Å². The van der Waals surface area contributed by atoms with Gasteiger partial charge in [0, 0.05) is 11.4 Å². The van der Waals surface area contributed by atoms with Crippen molar-refractivity contribution in [2.24, 2.45) is 0 Å². The first kappa shape index (κ1) is 12.6. The zero-order valence-electron chi connectivity index (χ0n) is 8.19. The molecule has 0 radical (unpaired) electrons. The fourth-order valence-corrected chi connectivity index (χ4v) is 2.12. The Hall–Kier alpha value is -0.430. The van der Waals surface area contributed by atoms with Crippen LogP contribution in [0.3, 0.4) is 0 Å². The molecule has 0 N–H and O–H groups in total. The van der Waals surface area contributed by atoms with Gasteiger partial charge in [-0.2, -0.15) is 0 Å². The normalized spacial score (nSPS) is 12.6. The predicted molar refractivity (Wildman–Crippen MR) is 65.4 cm³/mol. The molecule has 0 spiro atoms. The van der Waals surface area contributed by atoms with Gasteiger partial charge < -0.3 is 4.74 Å². The molecule has 1 aromatic rings. The molecule has 15 heavy (non-hydrogen) atoms. The van der Waals surface area contributed by atoms with E-state index in [1.54, 1.807) is 0 Å². The summed E-state index contributed by atoms with van der Waals surface area (Å²) in [5.74, 6) is -1.55. The molecule has 0 saturated heterocycles. The van der Waals surface area contributed by atoms with Crippen LogP contribution < -0.4 is 0 Å². The number of ether oxygens (including phenoxy) is 1. The SMILES string of the molecule is CCOC(=CP(=O)(Cl)Cl)c1ccccc1. The molecule has 0 heterocycles. The molecule has 0 aliphatic carbocycles. The largest absolute Gasteiger partial charge is 0.493 e. The van der Waals surface area contributed by atoms with Gasteiger partial charge in [-0.1, -0.05) is 30.3 Å². The minimum Gasteiger partial charge on any atom is -0.493 e. The van der Waals surface area contributed by atoms with Gasteiger partial charge in [0.1, 0.15) is 5.76 Å². The van der Waals surface area contributed by atoms with Crippen molar-refractivity contribution in [1.82, 2.24) is 0 Å². The van der Waals surface area contributed by atoms with Crippen molar-refractivity contribution in [3.8, 4) is 0 Å². The van der Waals surface area contributed by atoms with Crippen molar-refractivity contribution in [3.05, 3.63) is 41.7 Å². The van der Waals surface area contributed by atoms with Gasteiger partial charge in [0.15, 0.2) is 0 Å². The summed E-state index contributed by atoms with van der Waals surface area (Å²) >= 11 is 11.0. The highest BCUT2D eigenvalue weighted by atomic mass is 35.9. The summed E-state index contributed by atoms with van der Waals surface area (Å²) in [6.45, 7) is 2.30. The van der Waals surface area contributed by atoms with Gasteiger partial charge in [-0.15, -0.1) is 0 Å². The van der Waals surface area contributed by atoms with E-state index in [0.717, 1.165) is 5.56 Å². The summed E-state index contributed by atoms with van der Waals surface area (Å²) in [5, 5.41) is 0. The fourth-order valence-electron chi connectivity index (χ4n) is 1.09. The van der Waals surface area contributed by atoms with Gasteiger partial charge in [0.2, 0.25) is 0 Å². The van der Waals surface area contributed by atoms with Gasteiger partial charge in [0.25, 0.3) is 5.85 Å². The maximum absolute atomic E-state index is 11.2. The van der Waals surface area contributed by atoms with E-state index in [1.807, 2.05) is 37.3 Å². The van der Waals surface area contributed by atoms with Crippen LogP contribution in [0.15, 0.2) is 36.1 Å². The molecule has 0 aliphatic rings. The number of hydrogen-bond acceptors (Lipinski definition) is 2. The smallest absolute Gasteiger partial charge is 0.278 e. The lowest BCUT2D eigenvalue weighted by atomic mass is 10.2. The average Bonchev–Trinajstić information content (AvgIpc) is 2.17. The molecule has 0 aromatic heterocycles. The summed E-state index contributed by atoms with van der Waals surface area (Å²) in [5.41, 5.74) is 0.806. The van der Waals surface area contributed by atoms with Crippen LogP contribution in [-0.2, 0) is 9.30 Å². The molecule has 82 valence electrons. The van der Waals surface area contributed by atoms with Gasteiger partial charge in [0.05, 0.1) is 6.61 Å². The van der Waals surface area contributed by atoms with Crippen LogP contribution in [0.25, 0.3) is 5.76 Å². The zero-order valence-corrected chi connectivity index (χ0v) is 10.6. The summed E-state index contributed by atoms with van der Waals surface area (Å²) < 4.78 is 16.6. The van der Waals surface area contributed by atoms with Crippen molar-refractivity contribution >= 4 is 34.1 Å². The molecular formula is C10H11Cl2O2P. The van der Waals surface area contributed by atoms with Crippen LogP contribution >= 0.6 is 28.3 Å². The number of halogens is 2. The highest BCUT2D eigenvalue weighted by Gasteiger charge is 2.13. The third-order valence-electron chi connectivity index (χ3n) is 1.63. The van der Waals surface area contributed by atoms with Crippen molar-refractivity contribution in [1.29, 1.82) is 0 Å². The van der Waals surface area contributed by atoms with Crippen LogP contribution in [0.2, 0.25) is 0 Å². The molecule has 1 rings (SSSR count). The third kappa shape index (κ3) is 4.74. The summed E-state index contributed by atoms with van der Waals surface area (Å²) in [7, 11) is 0. The van der Waals surface area contributed by atoms with Crippen molar-refractivity contribution in [2.45, 2.75) is 6.92 Å². The Bertz CT molecular complexity index is 384. The fraction of sp³-hybridized carbons (Fsp3) is 0.200. The highest BCUT2D eigenvalue weighted by Crippen LogP contribution is 2.59. The monoisotopic (exact) mass is 264 g/mol. The number of rotatable bonds is 4. The summed E-state index contributed by atoms with van der Waals surface area (Å²) in [4.78, 5) is 0. The van der Waals surface area contributed by atoms with Crippen molar-refractivity contribution in [2.75, 3.05) is 6.61 Å². The topological polar surface area (TPSA) is 26.3 Å². The minimum absolute atomic E-state index is 0.450. The van der Waals surface area contributed by atoms with Gasteiger partial charge >= 0.3 is 0 Å². The van der Waals surface area contributed by atoms with Crippen LogP contribution in [0, 0.1) is 0 Å². The van der Waals surface area contributed by atoms with Gasteiger partial charge in [-0.3, -0.25) is 4.57 Å². The van der Waals surface area contributed by atoms with E-state index < -0.39 is 5.85 Å². The highest BCUT2D eigenvalue weighted by molar-refractivity contribution is 8.10. The summed E-state index contributed by atoms with van der Waals surface area (Å²) in [6, 6.07) is 9.27. The second kappa shape index (κ2) is 5.60. The van der Waals surface area contributed by atoms with E-state index in [2.05, 4.69) is 0 Å². The molecule has 0 bridgehead atoms. The minimum atomic E-state index is -3.26. The number of benzene rings is 1. The molecule has 2 nitrogen and oxygen atoms in total. The lowest BCUT2D eigenvalue weighted by Gasteiger charge is -2.08. The molecule has 0 aliphatic heterocycles. The molecule has 1 aromatic carbocycles. The predicted octanol–water partition coefficient (Wildman–Crippen LogP) is 4.69. The van der Waals surface area contributed by atoms with E-state index in [9.17, 15) is 4.57 Å². The maximum Gasteiger partial charge on any atom is 0.278 e. The molecule has 0 amide bonds. The quantitative estimate of drug-likeness (QED) is 0.583. The Morgan fingerprint density at radius 2 is 2.00 bits per heavy atom. The van der Waals surface area contributed by atoms with E-state index in [1.165, 1.54) is 5.82 Å². The lowest BCUT2D eigenvalue weighted by molar-refractivity contribution is 0.298. The third-order valence-corrected chi connectivity index (χ3v) is 2.75. The number of hydrogen-bond donors (Lipinski definition) is 0. The molecule has 0 unspecified atom stereocenters. The average molecular weight is 265 g/mol. The Kier molecular flexibility index (Phi) is 4.72. The molecule has 0 atom stereocenters. The standard InChI is InChI=1S/C10H11Cl2O2P/c1-2-14-10(8-15(11,12)13)9-6-4-3-5-7-9/h3-8H,2H2,1H3. The van der Waals surface area contributed by atoms with Crippen molar-refractivity contribution < 1.29 is 9.30 Å².